The van der Waals surface area contributed by atoms with Crippen molar-refractivity contribution in [2.45, 2.75) is 50.9 Å². The maximum atomic E-state index is 12.9. The van der Waals surface area contributed by atoms with Crippen molar-refractivity contribution in [2.24, 2.45) is 5.92 Å². The van der Waals surface area contributed by atoms with Crippen LogP contribution in [-0.4, -0.2) is 52.2 Å². The smallest absolute Gasteiger partial charge is 0.231 e. The summed E-state index contributed by atoms with van der Waals surface area (Å²) in [7, 11) is 0. The number of nitrogens with zero attached hydrogens (tertiary/aromatic N) is 3. The van der Waals surface area contributed by atoms with Gasteiger partial charge >= 0.3 is 0 Å². The number of ether oxygens (including phenoxy) is 1. The number of nitrogens with one attached hydrogen (secondary N) is 1. The minimum atomic E-state index is 0.118. The molecule has 1 amide bonds. The average molecular weight is 423 g/mol. The third-order valence-electron chi connectivity index (χ3n) is 6.69. The summed E-state index contributed by atoms with van der Waals surface area (Å²) in [5, 5.41) is 5.24. The van der Waals surface area contributed by atoms with Gasteiger partial charge in [-0.1, -0.05) is 36.2 Å². The Morgan fingerprint density at radius 3 is 3.00 bits per heavy atom. The number of fused-ring (bicyclic) bond motifs is 1. The van der Waals surface area contributed by atoms with Gasteiger partial charge in [-0.05, 0) is 36.8 Å². The fourth-order valence-corrected chi connectivity index (χ4v) is 4.87. The number of amides is 1. The molecule has 5 rings (SSSR count). The zero-order valence-corrected chi connectivity index (χ0v) is 17.9. The van der Waals surface area contributed by atoms with Crippen molar-refractivity contribution in [1.29, 1.82) is 0 Å². The van der Waals surface area contributed by atoms with E-state index < -0.39 is 0 Å². The summed E-state index contributed by atoms with van der Waals surface area (Å²) >= 11 is 0. The number of aromatic nitrogens is 3. The molecule has 1 N–H and O–H groups in total. The molecular formula is C24H30N4O3. The SMILES string of the molecule is O=C(Cc1c[nH]c2ccccc12)N1CCC(c2nc(CCOCC3CCCC3)no2)C1. The Balaban J connectivity index is 1.10. The molecule has 7 nitrogen and oxygen atoms in total. The molecule has 3 heterocycles. The predicted octanol–water partition coefficient (Wildman–Crippen LogP) is 3.86. The van der Waals surface area contributed by atoms with Crippen molar-refractivity contribution < 1.29 is 14.1 Å². The Morgan fingerprint density at radius 2 is 2.10 bits per heavy atom. The summed E-state index contributed by atoms with van der Waals surface area (Å²) in [6.07, 6.45) is 9.15. The lowest BCUT2D eigenvalue weighted by Crippen LogP contribution is -2.29. The van der Waals surface area contributed by atoms with E-state index in [2.05, 4.69) is 21.2 Å². The first-order valence-electron chi connectivity index (χ1n) is 11.5. The molecule has 0 bridgehead atoms. The van der Waals surface area contributed by atoms with Crippen LogP contribution >= 0.6 is 0 Å². The maximum Gasteiger partial charge on any atom is 0.231 e. The molecule has 3 aromatic rings. The Kier molecular flexibility index (Phi) is 6.02. The average Bonchev–Trinajstić information content (AvgIpc) is 3.59. The molecule has 2 aliphatic rings. The van der Waals surface area contributed by atoms with Crippen molar-refractivity contribution in [1.82, 2.24) is 20.0 Å². The normalized spacial score (nSPS) is 19.6. The molecule has 1 unspecified atom stereocenters. The van der Waals surface area contributed by atoms with Gasteiger partial charge in [0.2, 0.25) is 11.8 Å². The summed E-state index contributed by atoms with van der Waals surface area (Å²) in [5.74, 6) is 2.34. The molecule has 1 aliphatic heterocycles. The molecule has 1 atom stereocenters. The highest BCUT2D eigenvalue weighted by atomic mass is 16.5. The first-order chi connectivity index (χ1) is 15.3. The molecule has 2 aromatic heterocycles. The molecule has 7 heteroatoms. The van der Waals surface area contributed by atoms with E-state index in [1.165, 1.54) is 25.7 Å². The number of rotatable bonds is 8. The van der Waals surface area contributed by atoms with Crippen LogP contribution in [0, 0.1) is 5.92 Å². The molecule has 2 fully saturated rings. The van der Waals surface area contributed by atoms with Crippen molar-refractivity contribution >= 4 is 16.8 Å². The van der Waals surface area contributed by atoms with Crippen LogP contribution < -0.4 is 0 Å². The lowest BCUT2D eigenvalue weighted by atomic mass is 10.1. The van der Waals surface area contributed by atoms with Crippen LogP contribution in [0.15, 0.2) is 35.0 Å². The van der Waals surface area contributed by atoms with Crippen LogP contribution in [0.1, 0.15) is 55.3 Å². The Labute approximate surface area is 182 Å². The van der Waals surface area contributed by atoms with E-state index in [0.717, 1.165) is 42.0 Å². The van der Waals surface area contributed by atoms with Crippen LogP contribution in [0.25, 0.3) is 10.9 Å². The first kappa shape index (κ1) is 20.2. The highest BCUT2D eigenvalue weighted by molar-refractivity contribution is 5.89. The minimum Gasteiger partial charge on any atom is -0.381 e. The van der Waals surface area contributed by atoms with E-state index in [9.17, 15) is 4.79 Å². The van der Waals surface area contributed by atoms with Gasteiger partial charge in [0.1, 0.15) is 0 Å². The second-order valence-corrected chi connectivity index (χ2v) is 8.89. The molecule has 1 saturated heterocycles. The van der Waals surface area contributed by atoms with Gasteiger partial charge < -0.3 is 19.1 Å². The summed E-state index contributed by atoms with van der Waals surface area (Å²) in [6, 6.07) is 8.08. The van der Waals surface area contributed by atoms with Gasteiger partial charge in [0.05, 0.1) is 18.9 Å². The van der Waals surface area contributed by atoms with Crippen LogP contribution in [0.3, 0.4) is 0 Å². The number of benzene rings is 1. The molecule has 31 heavy (non-hydrogen) atoms. The van der Waals surface area contributed by atoms with Crippen molar-refractivity contribution in [3.8, 4) is 0 Å². The second kappa shape index (κ2) is 9.22. The number of aromatic amines is 1. The van der Waals surface area contributed by atoms with Crippen molar-refractivity contribution in [2.75, 3.05) is 26.3 Å². The topological polar surface area (TPSA) is 84.2 Å². The fourth-order valence-electron chi connectivity index (χ4n) is 4.87. The molecule has 164 valence electrons. The Morgan fingerprint density at radius 1 is 1.23 bits per heavy atom. The standard InChI is InChI=1S/C24H30N4O3/c29-23(13-19-14-25-21-8-4-3-7-20(19)21)28-11-9-18(15-28)24-26-22(27-31-24)10-12-30-16-17-5-1-2-6-17/h3-4,7-8,14,17-18,25H,1-2,5-6,9-13,15-16H2. The number of hydrogen-bond donors (Lipinski definition) is 1. The van der Waals surface area contributed by atoms with E-state index in [1.54, 1.807) is 0 Å². The third-order valence-corrected chi connectivity index (χ3v) is 6.69. The largest absolute Gasteiger partial charge is 0.381 e. The summed E-state index contributed by atoms with van der Waals surface area (Å²) in [5.41, 5.74) is 2.11. The highest BCUT2D eigenvalue weighted by Gasteiger charge is 2.31. The molecule has 1 aromatic carbocycles. The number of carbonyl (C=O) groups is 1. The fraction of sp³-hybridized carbons (Fsp3) is 0.542. The molecule has 0 spiro atoms. The molecule has 0 radical (unpaired) electrons. The Bertz CT molecular complexity index is 1020. The van der Waals surface area contributed by atoms with Crippen molar-refractivity contribution in [3.63, 3.8) is 0 Å². The second-order valence-electron chi connectivity index (χ2n) is 8.89. The predicted molar refractivity (Wildman–Crippen MR) is 117 cm³/mol. The highest BCUT2D eigenvalue weighted by Crippen LogP contribution is 2.28. The number of carbonyl (C=O) groups excluding carboxylic acids is 1. The van der Waals surface area contributed by atoms with Crippen LogP contribution in [0.5, 0.6) is 0 Å². The zero-order chi connectivity index (χ0) is 21.0. The molecule has 1 aliphatic carbocycles. The van der Waals surface area contributed by atoms with Gasteiger partial charge in [-0.25, -0.2) is 0 Å². The first-order valence-corrected chi connectivity index (χ1v) is 11.5. The van der Waals surface area contributed by atoms with Gasteiger partial charge in [-0.3, -0.25) is 4.79 Å². The summed E-state index contributed by atoms with van der Waals surface area (Å²) in [6.45, 7) is 2.85. The lowest BCUT2D eigenvalue weighted by molar-refractivity contribution is -0.129. The van der Waals surface area contributed by atoms with Gasteiger partial charge in [-0.2, -0.15) is 4.98 Å². The molecule has 1 saturated carbocycles. The number of likely N-dealkylation sites (tertiary alicyclic amines) is 1. The number of para-hydroxylation sites is 1. The van der Waals surface area contributed by atoms with E-state index in [-0.39, 0.29) is 11.8 Å². The van der Waals surface area contributed by atoms with E-state index in [1.807, 2.05) is 29.3 Å². The lowest BCUT2D eigenvalue weighted by Gasteiger charge is -2.15. The third kappa shape index (κ3) is 4.66. The van der Waals surface area contributed by atoms with E-state index >= 15 is 0 Å². The summed E-state index contributed by atoms with van der Waals surface area (Å²) < 4.78 is 11.3. The monoisotopic (exact) mass is 422 g/mol. The van der Waals surface area contributed by atoms with Crippen LogP contribution in [-0.2, 0) is 22.4 Å². The maximum absolute atomic E-state index is 12.9. The Hall–Kier alpha value is -2.67. The summed E-state index contributed by atoms with van der Waals surface area (Å²) in [4.78, 5) is 22.6. The number of H-pyrrole nitrogens is 1. The quantitative estimate of drug-likeness (QED) is 0.557. The zero-order valence-electron chi connectivity index (χ0n) is 17.9. The van der Waals surface area contributed by atoms with E-state index in [4.69, 9.17) is 9.26 Å². The van der Waals surface area contributed by atoms with Crippen LogP contribution in [0.4, 0.5) is 0 Å². The van der Waals surface area contributed by atoms with E-state index in [0.29, 0.717) is 37.7 Å². The minimum absolute atomic E-state index is 0.118. The van der Waals surface area contributed by atoms with Gasteiger partial charge in [0, 0.05) is 43.2 Å². The van der Waals surface area contributed by atoms with Crippen molar-refractivity contribution in [3.05, 3.63) is 47.7 Å². The number of hydrogen-bond acceptors (Lipinski definition) is 5. The van der Waals surface area contributed by atoms with Crippen LogP contribution in [0.2, 0.25) is 0 Å². The van der Waals surface area contributed by atoms with Gasteiger partial charge in [0.15, 0.2) is 5.82 Å². The molecular weight excluding hydrogens is 392 g/mol. The van der Waals surface area contributed by atoms with Gasteiger partial charge in [-0.15, -0.1) is 0 Å². The van der Waals surface area contributed by atoms with Gasteiger partial charge in [0.25, 0.3) is 0 Å².